The molecule has 0 fully saturated rings. The van der Waals surface area contributed by atoms with Gasteiger partial charge < -0.3 is 30.6 Å². The molecular weight excluding hydrogens is 432 g/mol. The van der Waals surface area contributed by atoms with E-state index in [1.807, 2.05) is 0 Å². The van der Waals surface area contributed by atoms with Crippen molar-refractivity contribution < 1.29 is 59.4 Å². The number of unbranched alkanes of at least 4 members (excludes halogenated alkanes) is 6. The van der Waals surface area contributed by atoms with Crippen LogP contribution >= 0.6 is 0 Å². The zero-order chi connectivity index (χ0) is 25.4. The molecule has 0 aromatic carbocycles. The van der Waals surface area contributed by atoms with E-state index in [4.69, 9.17) is 30.6 Å². The highest BCUT2D eigenvalue weighted by molar-refractivity contribution is 5.89. The first-order valence-electron chi connectivity index (χ1n) is 9.89. The molecular formula is C20H32O12. The Morgan fingerprint density at radius 1 is 0.375 bits per heavy atom. The Labute approximate surface area is 185 Å². The molecule has 0 radical (unpaired) electrons. The fraction of sp³-hybridized carbons (Fsp3) is 0.600. The van der Waals surface area contributed by atoms with Gasteiger partial charge >= 0.3 is 35.8 Å². The van der Waals surface area contributed by atoms with Crippen LogP contribution in [-0.4, -0.2) is 66.5 Å². The quantitative estimate of drug-likeness (QED) is 0.143. The van der Waals surface area contributed by atoms with Gasteiger partial charge in [0, 0.05) is 37.8 Å². The summed E-state index contributed by atoms with van der Waals surface area (Å²) in [6.07, 6.45) is 7.96. The number of carboxylic acid groups (broad SMARTS) is 6. The zero-order valence-corrected chi connectivity index (χ0v) is 17.8. The van der Waals surface area contributed by atoms with Crippen molar-refractivity contribution in [1.29, 1.82) is 0 Å². The van der Waals surface area contributed by atoms with E-state index >= 15 is 0 Å². The molecule has 0 heterocycles. The van der Waals surface area contributed by atoms with Crippen LogP contribution in [0.2, 0.25) is 0 Å². The lowest BCUT2D eigenvalue weighted by Crippen LogP contribution is -1.97. The molecule has 32 heavy (non-hydrogen) atoms. The molecule has 0 saturated carbocycles. The number of carbonyl (C=O) groups is 6. The van der Waals surface area contributed by atoms with Crippen LogP contribution in [0.3, 0.4) is 0 Å². The van der Waals surface area contributed by atoms with Gasteiger partial charge in [-0.1, -0.05) is 25.7 Å². The summed E-state index contributed by atoms with van der Waals surface area (Å²) in [7, 11) is 0. The van der Waals surface area contributed by atoms with E-state index in [1.165, 1.54) is 0 Å². The van der Waals surface area contributed by atoms with Crippen LogP contribution in [0.5, 0.6) is 0 Å². The summed E-state index contributed by atoms with van der Waals surface area (Å²) in [5, 5.41) is 48.6. The summed E-state index contributed by atoms with van der Waals surface area (Å²) in [4.78, 5) is 59.2. The van der Waals surface area contributed by atoms with Gasteiger partial charge in [-0.2, -0.15) is 0 Å². The maximum absolute atomic E-state index is 10.1. The molecule has 0 bridgehead atoms. The minimum absolute atomic E-state index is 0.0628. The van der Waals surface area contributed by atoms with E-state index in [0.29, 0.717) is 25.0 Å². The summed E-state index contributed by atoms with van der Waals surface area (Å²) in [5.74, 6) is -5.73. The Balaban J connectivity index is -0.000000413. The second-order valence-electron chi connectivity index (χ2n) is 6.41. The number of hydrogen-bond acceptors (Lipinski definition) is 6. The van der Waals surface area contributed by atoms with Gasteiger partial charge in [0.25, 0.3) is 0 Å². The lowest BCUT2D eigenvalue weighted by atomic mass is 10.1. The van der Waals surface area contributed by atoms with Crippen LogP contribution in [0.15, 0.2) is 12.2 Å². The fourth-order valence-electron chi connectivity index (χ4n) is 1.95. The molecule has 0 aromatic heterocycles. The smallest absolute Gasteiger partial charge is 0.328 e. The molecule has 0 aliphatic rings. The van der Waals surface area contributed by atoms with Crippen LogP contribution in [0.4, 0.5) is 0 Å². The summed E-state index contributed by atoms with van der Waals surface area (Å²) in [6.45, 7) is 0. The Morgan fingerprint density at radius 2 is 0.562 bits per heavy atom. The first-order chi connectivity index (χ1) is 14.9. The Kier molecular flexibility index (Phi) is 24.7. The maximum Gasteiger partial charge on any atom is 0.328 e. The highest BCUT2D eigenvalue weighted by atomic mass is 16.4. The van der Waals surface area contributed by atoms with Crippen LogP contribution in [0.25, 0.3) is 0 Å². The first-order valence-corrected chi connectivity index (χ1v) is 9.89. The van der Waals surface area contributed by atoms with E-state index in [2.05, 4.69) is 0 Å². The van der Waals surface area contributed by atoms with Crippen LogP contribution in [0, 0.1) is 0 Å². The standard InChI is InChI=1S/C10H18O4.C6H10O4.C4H4O4/c11-9(12)7-5-3-1-2-4-6-8-10(13)14;7-5(8)3-1-2-4-6(9)10;5-3(6)1-2-4(7)8/h1-8H2,(H,11,12)(H,13,14);1-4H2,(H,7,8)(H,9,10);1-2H,(H,5,6)(H,7,8). The van der Waals surface area contributed by atoms with E-state index in [-0.39, 0.29) is 25.7 Å². The van der Waals surface area contributed by atoms with Gasteiger partial charge in [-0.05, 0) is 25.7 Å². The van der Waals surface area contributed by atoms with Crippen LogP contribution < -0.4 is 0 Å². The highest BCUT2D eigenvalue weighted by Gasteiger charge is 1.99. The number of carboxylic acids is 6. The van der Waals surface area contributed by atoms with Gasteiger partial charge in [-0.15, -0.1) is 0 Å². The molecule has 0 rings (SSSR count). The molecule has 0 spiro atoms. The summed E-state index contributed by atoms with van der Waals surface area (Å²) in [6, 6.07) is 0. The summed E-state index contributed by atoms with van der Waals surface area (Å²) >= 11 is 0. The predicted molar refractivity (Wildman–Crippen MR) is 110 cm³/mol. The molecule has 0 saturated heterocycles. The third-order valence-electron chi connectivity index (χ3n) is 3.43. The monoisotopic (exact) mass is 464 g/mol. The Hall–Kier alpha value is -3.44. The lowest BCUT2D eigenvalue weighted by Gasteiger charge is -1.98. The molecule has 0 atom stereocenters. The molecule has 184 valence electrons. The van der Waals surface area contributed by atoms with E-state index in [9.17, 15) is 28.8 Å². The highest BCUT2D eigenvalue weighted by Crippen LogP contribution is 2.08. The molecule has 0 aliphatic carbocycles. The molecule has 12 nitrogen and oxygen atoms in total. The SMILES string of the molecule is O=C(O)C=CC(=O)O.O=C(O)CCCCC(=O)O.O=C(O)CCCCCCCCC(=O)O. The second-order valence-corrected chi connectivity index (χ2v) is 6.41. The zero-order valence-electron chi connectivity index (χ0n) is 17.8. The molecule has 12 heteroatoms. The second kappa shape index (κ2) is 23.8. The van der Waals surface area contributed by atoms with Crippen LogP contribution in [-0.2, 0) is 28.8 Å². The van der Waals surface area contributed by atoms with Crippen LogP contribution in [0.1, 0.15) is 77.0 Å². The normalized spacial score (nSPS) is 9.62. The van der Waals surface area contributed by atoms with E-state index in [1.54, 1.807) is 0 Å². The van der Waals surface area contributed by atoms with Crippen molar-refractivity contribution in [1.82, 2.24) is 0 Å². The van der Waals surface area contributed by atoms with Crippen molar-refractivity contribution in [3.63, 3.8) is 0 Å². The molecule has 6 N–H and O–H groups in total. The average Bonchev–Trinajstić information content (AvgIpc) is 2.66. The van der Waals surface area contributed by atoms with Crippen molar-refractivity contribution in [2.45, 2.75) is 77.0 Å². The van der Waals surface area contributed by atoms with Gasteiger partial charge in [-0.3, -0.25) is 19.2 Å². The van der Waals surface area contributed by atoms with Crippen molar-refractivity contribution in [3.05, 3.63) is 12.2 Å². The first kappa shape index (κ1) is 33.2. The molecule has 0 unspecified atom stereocenters. The van der Waals surface area contributed by atoms with Gasteiger partial charge in [-0.25, -0.2) is 9.59 Å². The van der Waals surface area contributed by atoms with E-state index < -0.39 is 35.8 Å². The van der Waals surface area contributed by atoms with Crippen molar-refractivity contribution in [2.24, 2.45) is 0 Å². The Morgan fingerprint density at radius 3 is 0.750 bits per heavy atom. The van der Waals surface area contributed by atoms with Gasteiger partial charge in [0.15, 0.2) is 0 Å². The van der Waals surface area contributed by atoms with Gasteiger partial charge in [0.2, 0.25) is 0 Å². The van der Waals surface area contributed by atoms with Gasteiger partial charge in [0.05, 0.1) is 0 Å². The summed E-state index contributed by atoms with van der Waals surface area (Å²) < 4.78 is 0. The lowest BCUT2D eigenvalue weighted by molar-refractivity contribution is -0.139. The minimum Gasteiger partial charge on any atom is -0.481 e. The molecule has 0 aliphatic heterocycles. The number of rotatable bonds is 16. The van der Waals surface area contributed by atoms with Crippen molar-refractivity contribution in [2.75, 3.05) is 0 Å². The number of aliphatic carboxylic acids is 6. The largest absolute Gasteiger partial charge is 0.481 e. The molecule has 0 aromatic rings. The predicted octanol–water partition coefficient (Wildman–Crippen LogP) is 2.70. The van der Waals surface area contributed by atoms with Crippen molar-refractivity contribution in [3.8, 4) is 0 Å². The topological polar surface area (TPSA) is 224 Å². The third kappa shape index (κ3) is 45.4. The van der Waals surface area contributed by atoms with Crippen molar-refractivity contribution >= 4 is 35.8 Å². The van der Waals surface area contributed by atoms with Gasteiger partial charge in [0.1, 0.15) is 0 Å². The molecule has 0 amide bonds. The van der Waals surface area contributed by atoms with E-state index in [0.717, 1.165) is 38.5 Å². The third-order valence-corrected chi connectivity index (χ3v) is 3.43. The maximum atomic E-state index is 10.1. The Bertz CT molecular complexity index is 558. The summed E-state index contributed by atoms with van der Waals surface area (Å²) in [5.41, 5.74) is 0. The minimum atomic E-state index is -1.26. The number of hydrogen-bond donors (Lipinski definition) is 6. The average molecular weight is 464 g/mol. The fourth-order valence-corrected chi connectivity index (χ4v) is 1.95.